The number of carbonyl (C=O) groups excluding carboxylic acids is 1. The van der Waals surface area contributed by atoms with Crippen LogP contribution in [0.15, 0.2) is 0 Å². The van der Waals surface area contributed by atoms with E-state index in [1.165, 1.54) is 0 Å². The second-order valence-electron chi connectivity index (χ2n) is 3.75. The largest absolute Gasteiger partial charge is 0.460 e. The Labute approximate surface area is 61.6 Å². The highest BCUT2D eigenvalue weighted by Gasteiger charge is 2.31. The topological polar surface area (TPSA) is 26.3 Å². The van der Waals surface area contributed by atoms with Crippen molar-refractivity contribution in [3.8, 4) is 0 Å². The van der Waals surface area contributed by atoms with Crippen LogP contribution in [-0.2, 0) is 9.53 Å². The van der Waals surface area contributed by atoms with E-state index in [0.717, 1.165) is 6.42 Å². The average Bonchev–Trinajstić information content (AvgIpc) is 1.54. The third-order valence-corrected chi connectivity index (χ3v) is 1.75. The Morgan fingerprint density at radius 3 is 2.60 bits per heavy atom. The zero-order valence-corrected chi connectivity index (χ0v) is 6.81. The number of cyclic esters (lactones) is 1. The smallest absolute Gasteiger partial charge is 0.306 e. The Morgan fingerprint density at radius 1 is 1.60 bits per heavy atom. The van der Waals surface area contributed by atoms with Gasteiger partial charge in [0.25, 0.3) is 0 Å². The van der Waals surface area contributed by atoms with Gasteiger partial charge in [0.1, 0.15) is 5.60 Å². The number of ether oxygens (including phenoxy) is 1. The molecular formula is C8H14O2. The Morgan fingerprint density at radius 2 is 2.20 bits per heavy atom. The van der Waals surface area contributed by atoms with Gasteiger partial charge in [0.2, 0.25) is 0 Å². The molecule has 1 aliphatic heterocycles. The highest BCUT2D eigenvalue weighted by atomic mass is 16.6. The van der Waals surface area contributed by atoms with Crippen LogP contribution in [0, 0.1) is 5.92 Å². The van der Waals surface area contributed by atoms with Crippen LogP contribution in [0.3, 0.4) is 0 Å². The van der Waals surface area contributed by atoms with Crippen molar-refractivity contribution >= 4 is 5.97 Å². The van der Waals surface area contributed by atoms with Gasteiger partial charge < -0.3 is 4.74 Å². The molecule has 2 heteroatoms. The number of rotatable bonds is 0. The van der Waals surface area contributed by atoms with Crippen molar-refractivity contribution in [2.75, 3.05) is 0 Å². The summed E-state index contributed by atoms with van der Waals surface area (Å²) in [5.41, 5.74) is -0.227. The normalized spacial score (nSPS) is 31.5. The quantitative estimate of drug-likeness (QED) is 0.481. The molecule has 1 heterocycles. The molecule has 2 nitrogen and oxygen atoms in total. The first-order chi connectivity index (χ1) is 4.49. The molecule has 1 aliphatic rings. The van der Waals surface area contributed by atoms with E-state index in [1.807, 2.05) is 13.8 Å². The minimum absolute atomic E-state index is 0.0521. The Kier molecular flexibility index (Phi) is 1.71. The molecule has 1 atom stereocenters. The van der Waals surface area contributed by atoms with Gasteiger partial charge in [-0.15, -0.1) is 0 Å². The van der Waals surface area contributed by atoms with E-state index >= 15 is 0 Å². The van der Waals surface area contributed by atoms with Crippen molar-refractivity contribution in [2.24, 2.45) is 5.92 Å². The van der Waals surface area contributed by atoms with E-state index in [9.17, 15) is 4.79 Å². The SMILES string of the molecule is C[C@H]1CC(=O)OC(C)(C)C1. The molecule has 0 aromatic carbocycles. The van der Waals surface area contributed by atoms with E-state index in [-0.39, 0.29) is 11.6 Å². The molecule has 0 aromatic rings. The number of hydrogen-bond acceptors (Lipinski definition) is 2. The second kappa shape index (κ2) is 2.26. The van der Waals surface area contributed by atoms with Crippen molar-refractivity contribution in [2.45, 2.75) is 39.2 Å². The summed E-state index contributed by atoms with van der Waals surface area (Å²) in [5.74, 6) is 0.431. The molecule has 1 rings (SSSR count). The van der Waals surface area contributed by atoms with Crippen LogP contribution in [0.5, 0.6) is 0 Å². The zero-order chi connectivity index (χ0) is 7.78. The summed E-state index contributed by atoms with van der Waals surface area (Å²) < 4.78 is 5.11. The predicted octanol–water partition coefficient (Wildman–Crippen LogP) is 1.74. The first-order valence-electron chi connectivity index (χ1n) is 3.71. The molecule has 0 spiro atoms. The molecule has 0 amide bonds. The summed E-state index contributed by atoms with van der Waals surface area (Å²) in [6, 6.07) is 0. The summed E-state index contributed by atoms with van der Waals surface area (Å²) in [7, 11) is 0. The maximum absolute atomic E-state index is 10.9. The van der Waals surface area contributed by atoms with E-state index in [0.29, 0.717) is 12.3 Å². The molecule has 0 unspecified atom stereocenters. The van der Waals surface area contributed by atoms with Gasteiger partial charge in [-0.1, -0.05) is 6.92 Å². The minimum Gasteiger partial charge on any atom is -0.460 e. The lowest BCUT2D eigenvalue weighted by molar-refractivity contribution is -0.166. The van der Waals surface area contributed by atoms with Crippen LogP contribution in [-0.4, -0.2) is 11.6 Å². The zero-order valence-electron chi connectivity index (χ0n) is 6.81. The lowest BCUT2D eigenvalue weighted by atomic mass is 9.90. The molecule has 0 aliphatic carbocycles. The van der Waals surface area contributed by atoms with Crippen LogP contribution >= 0.6 is 0 Å². The van der Waals surface area contributed by atoms with E-state index in [4.69, 9.17) is 4.74 Å². The summed E-state index contributed by atoms with van der Waals surface area (Å²) in [6.45, 7) is 6.00. The Balaban J connectivity index is 2.59. The first-order valence-corrected chi connectivity index (χ1v) is 3.71. The maximum Gasteiger partial charge on any atom is 0.306 e. The van der Waals surface area contributed by atoms with Gasteiger partial charge in [0.15, 0.2) is 0 Å². The van der Waals surface area contributed by atoms with Crippen LogP contribution < -0.4 is 0 Å². The van der Waals surface area contributed by atoms with Gasteiger partial charge in [0, 0.05) is 6.42 Å². The lowest BCUT2D eigenvalue weighted by Gasteiger charge is -2.32. The first kappa shape index (κ1) is 7.58. The molecule has 1 saturated heterocycles. The van der Waals surface area contributed by atoms with E-state index in [1.54, 1.807) is 0 Å². The van der Waals surface area contributed by atoms with Crippen LogP contribution in [0.2, 0.25) is 0 Å². The Bertz CT molecular complexity index is 149. The highest BCUT2D eigenvalue weighted by molar-refractivity contribution is 5.70. The van der Waals surface area contributed by atoms with Crippen molar-refractivity contribution in [1.29, 1.82) is 0 Å². The lowest BCUT2D eigenvalue weighted by Crippen LogP contribution is -2.36. The summed E-state index contributed by atoms with van der Waals surface area (Å²) >= 11 is 0. The minimum atomic E-state index is -0.227. The van der Waals surface area contributed by atoms with Crippen molar-refractivity contribution in [3.63, 3.8) is 0 Å². The monoisotopic (exact) mass is 142 g/mol. The number of carbonyl (C=O) groups is 1. The molecule has 0 aromatic heterocycles. The van der Waals surface area contributed by atoms with Crippen LogP contribution in [0.4, 0.5) is 0 Å². The fourth-order valence-corrected chi connectivity index (χ4v) is 1.59. The molecular weight excluding hydrogens is 128 g/mol. The van der Waals surface area contributed by atoms with Crippen molar-refractivity contribution in [3.05, 3.63) is 0 Å². The molecule has 1 fully saturated rings. The summed E-state index contributed by atoms with van der Waals surface area (Å²) in [6.07, 6.45) is 1.57. The standard InChI is InChI=1S/C8H14O2/c1-6-4-7(9)10-8(2,3)5-6/h6H,4-5H2,1-3H3/t6-/m0/s1. The summed E-state index contributed by atoms with van der Waals surface area (Å²) in [5, 5.41) is 0. The van der Waals surface area contributed by atoms with Crippen molar-refractivity contribution < 1.29 is 9.53 Å². The molecule has 10 heavy (non-hydrogen) atoms. The summed E-state index contributed by atoms with van der Waals surface area (Å²) in [4.78, 5) is 10.9. The van der Waals surface area contributed by atoms with Gasteiger partial charge >= 0.3 is 5.97 Å². The van der Waals surface area contributed by atoms with Gasteiger partial charge in [0.05, 0.1) is 0 Å². The maximum atomic E-state index is 10.9. The number of hydrogen-bond donors (Lipinski definition) is 0. The van der Waals surface area contributed by atoms with Gasteiger partial charge in [-0.25, -0.2) is 0 Å². The number of esters is 1. The van der Waals surface area contributed by atoms with E-state index in [2.05, 4.69) is 6.92 Å². The molecule has 0 radical (unpaired) electrons. The third-order valence-electron chi connectivity index (χ3n) is 1.75. The van der Waals surface area contributed by atoms with Gasteiger partial charge in [-0.2, -0.15) is 0 Å². The predicted molar refractivity (Wildman–Crippen MR) is 38.6 cm³/mol. The molecule has 0 bridgehead atoms. The fraction of sp³-hybridized carbons (Fsp3) is 0.875. The second-order valence-corrected chi connectivity index (χ2v) is 3.75. The molecule has 0 saturated carbocycles. The van der Waals surface area contributed by atoms with Gasteiger partial charge in [-0.3, -0.25) is 4.79 Å². The van der Waals surface area contributed by atoms with Gasteiger partial charge in [-0.05, 0) is 26.2 Å². The average molecular weight is 142 g/mol. The molecule has 58 valence electrons. The Hall–Kier alpha value is -0.530. The van der Waals surface area contributed by atoms with E-state index < -0.39 is 0 Å². The fourth-order valence-electron chi connectivity index (χ4n) is 1.59. The third kappa shape index (κ3) is 1.72. The van der Waals surface area contributed by atoms with Crippen LogP contribution in [0.1, 0.15) is 33.6 Å². The highest BCUT2D eigenvalue weighted by Crippen LogP contribution is 2.28. The van der Waals surface area contributed by atoms with Crippen molar-refractivity contribution in [1.82, 2.24) is 0 Å². The molecule has 0 N–H and O–H groups in total. The van der Waals surface area contributed by atoms with Crippen LogP contribution in [0.25, 0.3) is 0 Å².